The van der Waals surface area contributed by atoms with Gasteiger partial charge in [-0.2, -0.15) is 0 Å². The molecule has 5 aromatic rings. The molecule has 0 aliphatic rings. The Morgan fingerprint density at radius 3 is 2.31 bits per heavy atom. The summed E-state index contributed by atoms with van der Waals surface area (Å²) in [6.45, 7) is 7.97. The molecule has 0 atom stereocenters. The van der Waals surface area contributed by atoms with Crippen LogP contribution in [-0.4, -0.2) is 15.1 Å². The van der Waals surface area contributed by atoms with Crippen molar-refractivity contribution in [3.63, 3.8) is 0 Å². The molecule has 0 bridgehead atoms. The summed E-state index contributed by atoms with van der Waals surface area (Å²) in [5.74, 6) is -0.353. The van der Waals surface area contributed by atoms with Gasteiger partial charge in [0.2, 0.25) is 0 Å². The Kier molecular flexibility index (Phi) is 8.41. The summed E-state index contributed by atoms with van der Waals surface area (Å²) in [5.41, 5.74) is 6.84. The molecule has 0 amide bonds. The van der Waals surface area contributed by atoms with E-state index in [4.69, 9.17) is 1.37 Å². The Bertz CT molecular complexity index is 1440. The van der Waals surface area contributed by atoms with Gasteiger partial charge in [-0.15, -0.1) is 34.9 Å². The van der Waals surface area contributed by atoms with Crippen molar-refractivity contribution >= 4 is 10.8 Å². The molecule has 0 fully saturated rings. The van der Waals surface area contributed by atoms with E-state index in [0.29, 0.717) is 0 Å². The van der Waals surface area contributed by atoms with Gasteiger partial charge in [-0.3, -0.25) is 4.98 Å². The van der Waals surface area contributed by atoms with Crippen LogP contribution in [0.3, 0.4) is 0 Å². The Hall–Kier alpha value is -3.33. The van der Waals surface area contributed by atoms with Crippen LogP contribution in [0.5, 0.6) is 5.75 Å². The van der Waals surface area contributed by atoms with Gasteiger partial charge in [0.1, 0.15) is 5.75 Å². The maximum absolute atomic E-state index is 9.52. The summed E-state index contributed by atoms with van der Waals surface area (Å²) in [7, 11) is 0. The van der Waals surface area contributed by atoms with Gasteiger partial charge in [-0.05, 0) is 58.3 Å². The van der Waals surface area contributed by atoms with Gasteiger partial charge in [0.25, 0.3) is 0 Å². The van der Waals surface area contributed by atoms with Crippen LogP contribution in [0.1, 0.15) is 37.8 Å². The second-order valence-electron chi connectivity index (χ2n) is 8.58. The zero-order valence-corrected chi connectivity index (χ0v) is 22.7. The average molecular weight is 639 g/mol. The van der Waals surface area contributed by atoms with Crippen molar-refractivity contribution < 1.29 is 26.6 Å². The molecule has 0 unspecified atom stereocenters. The molecule has 3 nitrogen and oxygen atoms in total. The third-order valence-corrected chi connectivity index (χ3v) is 5.59. The van der Waals surface area contributed by atoms with Crippen molar-refractivity contribution in [1.29, 1.82) is 0 Å². The molecular weight excluding hydrogens is 609 g/mol. The number of hydrogen-bond acceptors (Lipinski definition) is 3. The first-order valence-electron chi connectivity index (χ1n) is 11.8. The molecule has 0 spiro atoms. The number of aromatic hydroxyl groups is 1. The van der Waals surface area contributed by atoms with Crippen LogP contribution in [0, 0.1) is 19.9 Å². The SMILES string of the molecule is Oc1ccccc1-c1ccccn1.[2H]C(C)(C)c1ccc2ccnc(-c3[c-]c(C)cc(C)c3)c2c1.[Ir]. The second-order valence-corrected chi connectivity index (χ2v) is 8.58. The molecule has 1 radical (unpaired) electrons. The minimum absolute atomic E-state index is 0. The number of phenols is 1. The topological polar surface area (TPSA) is 46.0 Å². The number of para-hydroxylation sites is 1. The number of rotatable bonds is 3. The minimum atomic E-state index is -0.618. The number of benzene rings is 3. The van der Waals surface area contributed by atoms with Crippen LogP contribution in [-0.2, 0) is 20.1 Å². The van der Waals surface area contributed by atoms with E-state index in [1.54, 1.807) is 18.3 Å². The molecule has 3 aromatic carbocycles. The zero-order chi connectivity index (χ0) is 25.0. The van der Waals surface area contributed by atoms with Crippen molar-refractivity contribution in [1.82, 2.24) is 9.97 Å². The summed E-state index contributed by atoms with van der Waals surface area (Å²) < 4.78 is 8.26. The Balaban J connectivity index is 0.000000221. The van der Waals surface area contributed by atoms with Crippen molar-refractivity contribution in [2.45, 2.75) is 33.6 Å². The number of aromatic nitrogens is 2. The number of nitrogens with zero attached hydrogens (tertiary/aromatic N) is 2. The fraction of sp³-hybridized carbons (Fsp3) is 0.161. The van der Waals surface area contributed by atoms with Crippen LogP contribution in [0.25, 0.3) is 33.3 Å². The quantitative estimate of drug-likeness (QED) is 0.205. The Labute approximate surface area is 222 Å². The third-order valence-electron chi connectivity index (χ3n) is 5.59. The van der Waals surface area contributed by atoms with E-state index in [9.17, 15) is 5.11 Å². The minimum Gasteiger partial charge on any atom is -0.507 e. The molecule has 0 aliphatic carbocycles. The summed E-state index contributed by atoms with van der Waals surface area (Å²) >= 11 is 0. The van der Waals surface area contributed by atoms with E-state index >= 15 is 0 Å². The van der Waals surface area contributed by atoms with Crippen molar-refractivity contribution in [3.05, 3.63) is 114 Å². The first-order valence-corrected chi connectivity index (χ1v) is 11.3. The second kappa shape index (κ2) is 11.9. The van der Waals surface area contributed by atoms with Gasteiger partial charge < -0.3 is 10.1 Å². The summed E-state index contributed by atoms with van der Waals surface area (Å²) in [6, 6.07) is 28.7. The van der Waals surface area contributed by atoms with Crippen LogP contribution < -0.4 is 0 Å². The van der Waals surface area contributed by atoms with Gasteiger partial charge >= 0.3 is 0 Å². The number of hydrogen-bond donors (Lipinski definition) is 1. The molecule has 0 aliphatic heterocycles. The monoisotopic (exact) mass is 639 g/mol. The predicted octanol–water partition coefficient (Wildman–Crippen LogP) is 7.89. The van der Waals surface area contributed by atoms with Crippen molar-refractivity contribution in [2.24, 2.45) is 0 Å². The van der Waals surface area contributed by atoms with E-state index in [0.717, 1.165) is 44.4 Å². The maximum Gasteiger partial charge on any atom is 0.124 e. The summed E-state index contributed by atoms with van der Waals surface area (Å²) in [4.78, 5) is 8.74. The van der Waals surface area contributed by atoms with Gasteiger partial charge in [0.15, 0.2) is 0 Å². The van der Waals surface area contributed by atoms with E-state index in [1.807, 2.05) is 62.5 Å². The standard InChI is InChI=1S/C20H20N.C11H9NO.Ir/c1-13(2)17-6-5-16-7-8-21-20(19(16)12-17)18-10-14(3)9-15(4)11-18;13-11-7-2-1-5-9(11)10-6-3-4-8-12-10;/h5-10,12-13H,1-4H3;1-8,13H;/q-1;;/i13D;;. The maximum atomic E-state index is 9.52. The van der Waals surface area contributed by atoms with Crippen molar-refractivity contribution in [3.8, 4) is 28.3 Å². The van der Waals surface area contributed by atoms with E-state index < -0.39 is 5.89 Å². The zero-order valence-electron chi connectivity index (χ0n) is 21.3. The van der Waals surface area contributed by atoms with Gasteiger partial charge in [-0.25, -0.2) is 0 Å². The normalized spacial score (nSPS) is 11.1. The Morgan fingerprint density at radius 1 is 0.857 bits per heavy atom. The molecule has 4 heteroatoms. The molecule has 1 N–H and O–H groups in total. The van der Waals surface area contributed by atoms with Crippen molar-refractivity contribution in [2.75, 3.05) is 0 Å². The first-order chi connectivity index (χ1) is 16.7. The Morgan fingerprint density at radius 2 is 1.63 bits per heavy atom. The van der Waals surface area contributed by atoms with E-state index in [1.165, 1.54) is 5.56 Å². The first kappa shape index (κ1) is 24.8. The van der Waals surface area contributed by atoms with Crippen LogP contribution in [0.2, 0.25) is 0 Å². The predicted molar refractivity (Wildman–Crippen MR) is 141 cm³/mol. The van der Waals surface area contributed by atoms with Gasteiger partial charge in [-0.1, -0.05) is 64.1 Å². The molecular formula is C31H29IrN2O-. The summed E-state index contributed by atoms with van der Waals surface area (Å²) in [6.07, 6.45) is 3.55. The number of pyridine rings is 2. The molecule has 2 aromatic heterocycles. The number of phenolic OH excluding ortho intramolecular Hbond substituents is 1. The number of aryl methyl sites for hydroxylation is 2. The molecule has 35 heavy (non-hydrogen) atoms. The fourth-order valence-corrected chi connectivity index (χ4v) is 3.93. The average Bonchev–Trinajstić information content (AvgIpc) is 2.83. The van der Waals surface area contributed by atoms with E-state index in [2.05, 4.69) is 54.1 Å². The van der Waals surface area contributed by atoms with Gasteiger partial charge in [0, 0.05) is 39.4 Å². The van der Waals surface area contributed by atoms with Crippen LogP contribution in [0.15, 0.2) is 91.3 Å². The van der Waals surface area contributed by atoms with Gasteiger partial charge in [0.05, 0.1) is 5.69 Å². The molecule has 2 heterocycles. The van der Waals surface area contributed by atoms with E-state index in [-0.39, 0.29) is 25.9 Å². The fourth-order valence-electron chi connectivity index (χ4n) is 3.93. The smallest absolute Gasteiger partial charge is 0.124 e. The molecule has 5 rings (SSSR count). The largest absolute Gasteiger partial charge is 0.507 e. The van der Waals surface area contributed by atoms with Crippen LogP contribution >= 0.6 is 0 Å². The molecule has 0 saturated carbocycles. The number of fused-ring (bicyclic) bond motifs is 1. The third kappa shape index (κ3) is 6.42. The molecule has 179 valence electrons. The summed E-state index contributed by atoms with van der Waals surface area (Å²) in [5, 5.41) is 11.8. The van der Waals surface area contributed by atoms with Crippen LogP contribution in [0.4, 0.5) is 0 Å². The molecule has 0 saturated heterocycles.